The number of benzene rings is 2. The zero-order valence-corrected chi connectivity index (χ0v) is 29.5. The van der Waals surface area contributed by atoms with E-state index in [1.807, 2.05) is 24.3 Å². The van der Waals surface area contributed by atoms with Gasteiger partial charge in [-0.1, -0.05) is 59.6 Å². The van der Waals surface area contributed by atoms with Crippen LogP contribution in [0.25, 0.3) is 22.4 Å². The van der Waals surface area contributed by atoms with Gasteiger partial charge in [0.05, 0.1) is 37.1 Å². The van der Waals surface area contributed by atoms with Gasteiger partial charge in [0.25, 0.3) is 0 Å². The lowest BCUT2D eigenvalue weighted by Crippen LogP contribution is -2.47. The van der Waals surface area contributed by atoms with Crippen LogP contribution in [0.15, 0.2) is 48.7 Å². The molecule has 0 radical (unpaired) electrons. The second kappa shape index (κ2) is 14.7. The van der Waals surface area contributed by atoms with Gasteiger partial charge < -0.3 is 24.4 Å². The van der Waals surface area contributed by atoms with Gasteiger partial charge in [0.15, 0.2) is 0 Å². The van der Waals surface area contributed by atoms with Crippen LogP contribution in [0.1, 0.15) is 41.3 Å². The number of rotatable bonds is 12. The lowest BCUT2D eigenvalue weighted by atomic mass is 9.95. The number of fused-ring (bicyclic) bond motifs is 1. The number of carboxylic acids is 1. The number of hydrogen-bond donors (Lipinski definition) is 2. The highest BCUT2D eigenvalue weighted by atomic mass is 35.5. The van der Waals surface area contributed by atoms with Gasteiger partial charge in [-0.2, -0.15) is 4.98 Å². The monoisotopic (exact) mass is 719 g/mol. The van der Waals surface area contributed by atoms with E-state index in [9.17, 15) is 15.0 Å². The number of nitrogens with zero attached hydrogens (tertiary/aromatic N) is 5. The highest BCUT2D eigenvalue weighted by molar-refractivity contribution is 6.36. The first-order valence-electron chi connectivity index (χ1n) is 16.8. The Labute approximate surface area is 300 Å². The first-order chi connectivity index (χ1) is 24.3. The van der Waals surface area contributed by atoms with Gasteiger partial charge in [-0.15, -0.1) is 0 Å². The highest BCUT2D eigenvalue weighted by Crippen LogP contribution is 2.45. The zero-order valence-electron chi connectivity index (χ0n) is 27.9. The topological polar surface area (TPSA) is 130 Å². The molecule has 0 saturated carbocycles. The van der Waals surface area contributed by atoms with Crippen LogP contribution < -0.4 is 14.2 Å². The molecule has 0 unspecified atom stereocenters. The van der Waals surface area contributed by atoms with Gasteiger partial charge in [-0.3, -0.25) is 19.6 Å². The molecule has 0 amide bonds. The van der Waals surface area contributed by atoms with E-state index in [-0.39, 0.29) is 18.6 Å². The third kappa shape index (κ3) is 6.85. The Morgan fingerprint density at radius 3 is 2.42 bits per heavy atom. The molecule has 2 aromatic heterocycles. The maximum atomic E-state index is 11.4. The first kappa shape index (κ1) is 34.4. The Morgan fingerprint density at radius 2 is 1.68 bits per heavy atom. The molecule has 2 aromatic carbocycles. The third-order valence-corrected chi connectivity index (χ3v) is 10.6. The SMILES string of the molecule is COc1nc(O[C@H]2CCc3c(-c4cccc(-c5cnc(CN6CC(CO)C6)c(OC)n5)c4Cl)cccc32)c(Cl)cc1CN1CC[C@H](C(=O)O)C1. The predicted octanol–water partition coefficient (Wildman–Crippen LogP) is 5.93. The first-order valence-corrected chi connectivity index (χ1v) is 17.5. The smallest absolute Gasteiger partial charge is 0.307 e. The normalized spacial score (nSPS) is 19.3. The van der Waals surface area contributed by atoms with E-state index >= 15 is 0 Å². The second-order valence-corrected chi connectivity index (χ2v) is 13.9. The summed E-state index contributed by atoms with van der Waals surface area (Å²) in [7, 11) is 3.15. The van der Waals surface area contributed by atoms with Gasteiger partial charge in [0, 0.05) is 61.9 Å². The Bertz CT molecular complexity index is 1900. The number of pyridine rings is 1. The Hall–Kier alpha value is -4.00. The number of aliphatic hydroxyl groups excluding tert-OH is 1. The molecule has 262 valence electrons. The largest absolute Gasteiger partial charge is 0.481 e. The van der Waals surface area contributed by atoms with Crippen LogP contribution >= 0.6 is 23.2 Å². The molecule has 4 aromatic rings. The van der Waals surface area contributed by atoms with E-state index in [1.165, 1.54) is 0 Å². The molecule has 2 aliphatic heterocycles. The molecular formula is C37H39Cl2N5O6. The predicted molar refractivity (Wildman–Crippen MR) is 189 cm³/mol. The average molecular weight is 721 g/mol. The summed E-state index contributed by atoms with van der Waals surface area (Å²) in [5.41, 5.74) is 6.99. The number of hydrogen-bond acceptors (Lipinski definition) is 10. The van der Waals surface area contributed by atoms with Crippen LogP contribution in [-0.4, -0.2) is 87.9 Å². The number of halogens is 2. The maximum absolute atomic E-state index is 11.4. The summed E-state index contributed by atoms with van der Waals surface area (Å²) in [5, 5.41) is 19.7. The van der Waals surface area contributed by atoms with Crippen molar-refractivity contribution in [1.82, 2.24) is 24.8 Å². The highest BCUT2D eigenvalue weighted by Gasteiger charge is 2.32. The molecule has 7 rings (SSSR count). The van der Waals surface area contributed by atoms with Crippen molar-refractivity contribution in [2.45, 2.75) is 38.5 Å². The molecule has 0 bridgehead atoms. The number of aliphatic carboxylic acids is 1. The maximum Gasteiger partial charge on any atom is 0.307 e. The number of carbonyl (C=O) groups is 1. The molecular weight excluding hydrogens is 681 g/mol. The molecule has 2 atom stereocenters. The van der Waals surface area contributed by atoms with Crippen molar-refractivity contribution in [2.75, 3.05) is 47.0 Å². The van der Waals surface area contributed by atoms with Crippen molar-refractivity contribution in [3.63, 3.8) is 0 Å². The molecule has 2 fully saturated rings. The summed E-state index contributed by atoms with van der Waals surface area (Å²) in [5.74, 6) is 0.315. The Balaban J connectivity index is 1.11. The zero-order chi connectivity index (χ0) is 34.9. The summed E-state index contributed by atoms with van der Waals surface area (Å²) >= 11 is 13.9. The van der Waals surface area contributed by atoms with Crippen molar-refractivity contribution < 1.29 is 29.2 Å². The summed E-state index contributed by atoms with van der Waals surface area (Å²) in [6.07, 6.45) is 3.58. The average Bonchev–Trinajstić information content (AvgIpc) is 3.75. The van der Waals surface area contributed by atoms with Crippen molar-refractivity contribution in [3.8, 4) is 40.0 Å². The van der Waals surface area contributed by atoms with Crippen LogP contribution in [-0.2, 0) is 24.3 Å². The van der Waals surface area contributed by atoms with Gasteiger partial charge in [-0.25, -0.2) is 4.98 Å². The molecule has 50 heavy (non-hydrogen) atoms. The third-order valence-electron chi connectivity index (χ3n) is 9.90. The van der Waals surface area contributed by atoms with Crippen LogP contribution in [0, 0.1) is 11.8 Å². The fourth-order valence-corrected chi connectivity index (χ4v) is 7.82. The number of carboxylic acid groups (broad SMARTS) is 1. The number of aliphatic hydroxyl groups is 1. The van der Waals surface area contributed by atoms with Gasteiger partial charge in [0.2, 0.25) is 17.6 Å². The summed E-state index contributed by atoms with van der Waals surface area (Å²) in [6.45, 7) is 4.09. The van der Waals surface area contributed by atoms with E-state index in [0.29, 0.717) is 71.9 Å². The standard InChI is InChI=1S/C37H39Cl2N5O6/c1-48-34-23(18-43-12-11-22(17-43)37(46)47)13-29(38)35(42-34)50-32-10-9-25-24(5-3-6-26(25)32)27-7-4-8-28(33(27)39)30-14-40-31(36(41-30)49-2)19-44-15-21(16-44)20-45/h3-8,13-14,21-22,32,45H,9-12,15-20H2,1-2H3,(H,46,47)/t22-,32-/m0/s1. The van der Waals surface area contributed by atoms with Gasteiger partial charge >= 0.3 is 5.97 Å². The molecule has 2 saturated heterocycles. The van der Waals surface area contributed by atoms with E-state index in [0.717, 1.165) is 65.0 Å². The molecule has 3 aliphatic rings. The number of ether oxygens (including phenoxy) is 3. The fourth-order valence-electron chi connectivity index (χ4n) is 7.28. The quantitative estimate of drug-likeness (QED) is 0.181. The minimum Gasteiger partial charge on any atom is -0.481 e. The van der Waals surface area contributed by atoms with Gasteiger partial charge in [-0.05, 0) is 48.6 Å². The minimum absolute atomic E-state index is 0.194. The van der Waals surface area contributed by atoms with Crippen LogP contribution in [0.5, 0.6) is 17.6 Å². The van der Waals surface area contributed by atoms with Crippen molar-refractivity contribution >= 4 is 29.2 Å². The van der Waals surface area contributed by atoms with Gasteiger partial charge in [0.1, 0.15) is 16.8 Å². The molecule has 11 nitrogen and oxygen atoms in total. The Morgan fingerprint density at radius 1 is 0.920 bits per heavy atom. The summed E-state index contributed by atoms with van der Waals surface area (Å²) in [4.78, 5) is 29.8. The molecule has 0 spiro atoms. The molecule has 2 N–H and O–H groups in total. The van der Waals surface area contributed by atoms with Crippen molar-refractivity contribution in [1.29, 1.82) is 0 Å². The van der Waals surface area contributed by atoms with Crippen LogP contribution in [0.3, 0.4) is 0 Å². The number of methoxy groups -OCH3 is 2. The number of aromatic nitrogens is 3. The lowest BCUT2D eigenvalue weighted by molar-refractivity contribution is -0.141. The van der Waals surface area contributed by atoms with E-state index < -0.39 is 5.97 Å². The second-order valence-electron chi connectivity index (χ2n) is 13.1. The lowest BCUT2D eigenvalue weighted by Gasteiger charge is -2.37. The summed E-state index contributed by atoms with van der Waals surface area (Å²) < 4.78 is 17.7. The minimum atomic E-state index is -0.772. The molecule has 13 heteroatoms. The Kier molecular flexibility index (Phi) is 10.1. The number of likely N-dealkylation sites (tertiary alicyclic amines) is 2. The molecule has 4 heterocycles. The van der Waals surface area contributed by atoms with E-state index in [2.05, 4.69) is 26.9 Å². The van der Waals surface area contributed by atoms with Crippen molar-refractivity contribution in [3.05, 3.63) is 81.1 Å². The van der Waals surface area contributed by atoms with Crippen LogP contribution in [0.4, 0.5) is 0 Å². The molecule has 1 aliphatic carbocycles. The van der Waals surface area contributed by atoms with E-state index in [4.69, 9.17) is 47.4 Å². The fraction of sp³-hybridized carbons (Fsp3) is 0.405. The van der Waals surface area contributed by atoms with E-state index in [1.54, 1.807) is 26.5 Å². The van der Waals surface area contributed by atoms with Crippen LogP contribution in [0.2, 0.25) is 10.0 Å². The van der Waals surface area contributed by atoms with Crippen molar-refractivity contribution in [2.24, 2.45) is 11.8 Å². The summed E-state index contributed by atoms with van der Waals surface area (Å²) in [6, 6.07) is 13.9.